The molecule has 0 saturated heterocycles. The summed E-state index contributed by atoms with van der Waals surface area (Å²) in [5, 5.41) is 3.42. The Hall–Kier alpha value is -1.15. The standard InChI is InChI=1S/C16H24N2/c1-11(2)13-6-5-8-17-10-15-16(13)14(12(3)4)7-9-18-15/h5-7,9,11-13,17H,8,10H2,1-4H3/b6-5-. The molecule has 1 unspecified atom stereocenters. The molecule has 0 radical (unpaired) electrons. The van der Waals surface area contributed by atoms with Gasteiger partial charge in [-0.15, -0.1) is 0 Å². The van der Waals surface area contributed by atoms with Gasteiger partial charge in [-0.3, -0.25) is 4.98 Å². The number of hydrogen-bond donors (Lipinski definition) is 1. The van der Waals surface area contributed by atoms with Crippen LogP contribution in [0.15, 0.2) is 24.4 Å². The van der Waals surface area contributed by atoms with E-state index in [0.717, 1.165) is 13.1 Å². The molecule has 0 aromatic carbocycles. The first kappa shape index (κ1) is 13.3. The smallest absolute Gasteiger partial charge is 0.0582 e. The van der Waals surface area contributed by atoms with Crippen molar-refractivity contribution in [2.24, 2.45) is 5.92 Å². The first-order chi connectivity index (χ1) is 8.61. The van der Waals surface area contributed by atoms with E-state index in [-0.39, 0.29) is 0 Å². The molecule has 2 heteroatoms. The maximum Gasteiger partial charge on any atom is 0.0582 e. The highest BCUT2D eigenvalue weighted by molar-refractivity contribution is 5.39. The average molecular weight is 244 g/mol. The normalized spacial score (nSPS) is 21.6. The summed E-state index contributed by atoms with van der Waals surface area (Å²) >= 11 is 0. The van der Waals surface area contributed by atoms with Gasteiger partial charge in [0.15, 0.2) is 0 Å². The molecule has 0 saturated carbocycles. The van der Waals surface area contributed by atoms with E-state index in [2.05, 4.69) is 56.2 Å². The van der Waals surface area contributed by atoms with Gasteiger partial charge in [0.05, 0.1) is 5.69 Å². The highest BCUT2D eigenvalue weighted by Crippen LogP contribution is 2.34. The molecule has 0 fully saturated rings. The van der Waals surface area contributed by atoms with E-state index in [9.17, 15) is 0 Å². The Morgan fingerprint density at radius 3 is 2.72 bits per heavy atom. The molecule has 0 aliphatic carbocycles. The molecule has 1 N–H and O–H groups in total. The van der Waals surface area contributed by atoms with Crippen molar-refractivity contribution in [3.8, 4) is 0 Å². The van der Waals surface area contributed by atoms with Crippen LogP contribution in [0.4, 0.5) is 0 Å². The zero-order chi connectivity index (χ0) is 13.1. The van der Waals surface area contributed by atoms with Crippen LogP contribution < -0.4 is 5.32 Å². The van der Waals surface area contributed by atoms with Crippen molar-refractivity contribution in [3.05, 3.63) is 41.2 Å². The minimum absolute atomic E-state index is 0.494. The third-order valence-corrected chi connectivity index (χ3v) is 3.68. The number of nitrogens with one attached hydrogen (secondary N) is 1. The molecule has 18 heavy (non-hydrogen) atoms. The van der Waals surface area contributed by atoms with Crippen molar-refractivity contribution in [3.63, 3.8) is 0 Å². The van der Waals surface area contributed by atoms with Gasteiger partial charge >= 0.3 is 0 Å². The first-order valence-electron chi connectivity index (χ1n) is 6.96. The van der Waals surface area contributed by atoms with Crippen LogP contribution in [-0.2, 0) is 6.54 Å². The Morgan fingerprint density at radius 2 is 2.06 bits per heavy atom. The number of fused-ring (bicyclic) bond motifs is 1. The predicted octanol–water partition coefficient (Wildman–Crippen LogP) is 3.60. The molecule has 0 amide bonds. The van der Waals surface area contributed by atoms with Gasteiger partial charge in [0.1, 0.15) is 0 Å². The molecular weight excluding hydrogens is 220 g/mol. The summed E-state index contributed by atoms with van der Waals surface area (Å²) in [6.07, 6.45) is 6.56. The van der Waals surface area contributed by atoms with Gasteiger partial charge in [0.2, 0.25) is 0 Å². The minimum atomic E-state index is 0.494. The van der Waals surface area contributed by atoms with Gasteiger partial charge < -0.3 is 5.32 Å². The van der Waals surface area contributed by atoms with E-state index in [0.29, 0.717) is 17.8 Å². The first-order valence-corrected chi connectivity index (χ1v) is 6.96. The van der Waals surface area contributed by atoms with Crippen molar-refractivity contribution in [1.82, 2.24) is 10.3 Å². The highest BCUT2D eigenvalue weighted by Gasteiger charge is 2.22. The molecule has 98 valence electrons. The van der Waals surface area contributed by atoms with Gasteiger partial charge in [0, 0.05) is 25.2 Å². The summed E-state index contributed by atoms with van der Waals surface area (Å²) in [6, 6.07) is 2.19. The molecular formula is C16H24N2. The number of allylic oxidation sites excluding steroid dienone is 1. The van der Waals surface area contributed by atoms with Gasteiger partial charge in [-0.25, -0.2) is 0 Å². The fourth-order valence-corrected chi connectivity index (χ4v) is 2.70. The second kappa shape index (κ2) is 5.66. The van der Waals surface area contributed by atoms with Gasteiger partial charge in [-0.2, -0.15) is 0 Å². The molecule has 0 bridgehead atoms. The fraction of sp³-hybridized carbons (Fsp3) is 0.562. The fourth-order valence-electron chi connectivity index (χ4n) is 2.70. The Bertz CT molecular complexity index is 433. The number of nitrogens with zero attached hydrogens (tertiary/aromatic N) is 1. The van der Waals surface area contributed by atoms with E-state index in [1.165, 1.54) is 16.8 Å². The van der Waals surface area contributed by atoms with Crippen molar-refractivity contribution in [1.29, 1.82) is 0 Å². The summed E-state index contributed by atoms with van der Waals surface area (Å²) in [5.74, 6) is 1.66. The molecule has 1 aliphatic rings. The monoisotopic (exact) mass is 244 g/mol. The van der Waals surface area contributed by atoms with Crippen LogP contribution in [-0.4, -0.2) is 11.5 Å². The van der Waals surface area contributed by atoms with Crippen LogP contribution in [0.25, 0.3) is 0 Å². The number of hydrogen-bond acceptors (Lipinski definition) is 2. The lowest BCUT2D eigenvalue weighted by molar-refractivity contribution is 0.551. The predicted molar refractivity (Wildman–Crippen MR) is 76.8 cm³/mol. The third-order valence-electron chi connectivity index (χ3n) is 3.68. The maximum atomic E-state index is 4.60. The van der Waals surface area contributed by atoms with Crippen LogP contribution in [0.1, 0.15) is 56.4 Å². The lowest BCUT2D eigenvalue weighted by atomic mass is 9.81. The zero-order valence-corrected chi connectivity index (χ0v) is 11.9. The van der Waals surface area contributed by atoms with Gasteiger partial charge in [-0.05, 0) is 29.0 Å². The molecule has 1 aromatic rings. The molecule has 0 spiro atoms. The molecule has 2 heterocycles. The van der Waals surface area contributed by atoms with E-state index in [1.54, 1.807) is 0 Å². The molecule has 1 atom stereocenters. The quantitative estimate of drug-likeness (QED) is 0.804. The van der Waals surface area contributed by atoms with Crippen molar-refractivity contribution >= 4 is 0 Å². The van der Waals surface area contributed by atoms with E-state index < -0.39 is 0 Å². The van der Waals surface area contributed by atoms with E-state index in [4.69, 9.17) is 0 Å². The van der Waals surface area contributed by atoms with Crippen molar-refractivity contribution in [2.45, 2.75) is 46.1 Å². The minimum Gasteiger partial charge on any atom is -0.308 e. The second-order valence-corrected chi connectivity index (χ2v) is 5.74. The molecule has 1 aromatic heterocycles. The third kappa shape index (κ3) is 2.64. The van der Waals surface area contributed by atoms with Crippen LogP contribution >= 0.6 is 0 Å². The maximum absolute atomic E-state index is 4.60. The van der Waals surface area contributed by atoms with Gasteiger partial charge in [0.25, 0.3) is 0 Å². The summed E-state index contributed by atoms with van der Waals surface area (Å²) < 4.78 is 0. The molecule has 2 nitrogen and oxygen atoms in total. The van der Waals surface area contributed by atoms with Crippen molar-refractivity contribution in [2.75, 3.05) is 6.54 Å². The lowest BCUT2D eigenvalue weighted by Gasteiger charge is -2.26. The Kier molecular flexibility index (Phi) is 4.18. The summed E-state index contributed by atoms with van der Waals surface area (Å²) in [5.41, 5.74) is 4.13. The largest absolute Gasteiger partial charge is 0.308 e. The average Bonchev–Trinajstić information content (AvgIpc) is 2.28. The highest BCUT2D eigenvalue weighted by atomic mass is 14.9. The van der Waals surface area contributed by atoms with E-state index >= 15 is 0 Å². The topological polar surface area (TPSA) is 24.9 Å². The Labute approximate surface area is 111 Å². The van der Waals surface area contributed by atoms with Gasteiger partial charge in [-0.1, -0.05) is 39.8 Å². The van der Waals surface area contributed by atoms with Crippen LogP contribution in [0.5, 0.6) is 0 Å². The number of pyridine rings is 1. The Balaban J connectivity index is 2.57. The zero-order valence-electron chi connectivity index (χ0n) is 11.9. The van der Waals surface area contributed by atoms with E-state index in [1.807, 2.05) is 6.20 Å². The summed E-state index contributed by atoms with van der Waals surface area (Å²) in [4.78, 5) is 4.60. The number of aromatic nitrogens is 1. The summed E-state index contributed by atoms with van der Waals surface area (Å²) in [7, 11) is 0. The lowest BCUT2D eigenvalue weighted by Crippen LogP contribution is -2.22. The van der Waals surface area contributed by atoms with Crippen LogP contribution in [0, 0.1) is 5.92 Å². The molecule has 1 aliphatic heterocycles. The Morgan fingerprint density at radius 1 is 1.28 bits per heavy atom. The van der Waals surface area contributed by atoms with Crippen molar-refractivity contribution < 1.29 is 0 Å². The second-order valence-electron chi connectivity index (χ2n) is 5.74. The van der Waals surface area contributed by atoms with Crippen LogP contribution in [0.2, 0.25) is 0 Å². The SMILES string of the molecule is CC(C)c1ccnc2c1C(C(C)C)/C=C\CNC2. The number of rotatable bonds is 2. The summed E-state index contributed by atoms with van der Waals surface area (Å²) in [6.45, 7) is 10.9. The van der Waals surface area contributed by atoms with Crippen LogP contribution in [0.3, 0.4) is 0 Å². The molecule has 2 rings (SSSR count).